The van der Waals surface area contributed by atoms with E-state index in [2.05, 4.69) is 29.2 Å². The molecule has 4 heteroatoms. The van der Waals surface area contributed by atoms with Crippen LogP contribution in [0.25, 0.3) is 10.9 Å². The zero-order valence-corrected chi connectivity index (χ0v) is 11.2. The molecule has 0 bridgehead atoms. The smallest absolute Gasteiger partial charge is 0.0858 e. The Balaban J connectivity index is 2.10. The molecule has 0 saturated carbocycles. The standard InChI is InChI=1S/C14H17ClN2O/c1-17-9-10(13-5-6-16-7-8-18-13)14-11(15)3-2-4-12(14)17/h2-4,9,13,16H,5-8H2,1H3. The Morgan fingerprint density at radius 1 is 1.39 bits per heavy atom. The maximum absolute atomic E-state index is 6.35. The van der Waals surface area contributed by atoms with Crippen LogP contribution in [-0.2, 0) is 11.8 Å². The molecule has 1 unspecified atom stereocenters. The van der Waals surface area contributed by atoms with Crippen molar-refractivity contribution in [1.82, 2.24) is 9.88 Å². The van der Waals surface area contributed by atoms with Crippen LogP contribution < -0.4 is 5.32 Å². The highest BCUT2D eigenvalue weighted by Gasteiger charge is 2.20. The number of rotatable bonds is 1. The van der Waals surface area contributed by atoms with E-state index in [0.29, 0.717) is 0 Å². The number of nitrogens with one attached hydrogen (secondary N) is 1. The van der Waals surface area contributed by atoms with Gasteiger partial charge in [0, 0.05) is 36.3 Å². The van der Waals surface area contributed by atoms with E-state index in [1.807, 2.05) is 12.1 Å². The molecule has 1 saturated heterocycles. The fraction of sp³-hybridized carbons (Fsp3) is 0.429. The first-order valence-corrected chi connectivity index (χ1v) is 6.71. The highest BCUT2D eigenvalue weighted by molar-refractivity contribution is 6.35. The number of aryl methyl sites for hydroxylation is 1. The van der Waals surface area contributed by atoms with Gasteiger partial charge in [0.1, 0.15) is 0 Å². The summed E-state index contributed by atoms with van der Waals surface area (Å²) in [6.07, 6.45) is 3.28. The van der Waals surface area contributed by atoms with Crippen molar-refractivity contribution >= 4 is 22.5 Å². The number of hydrogen-bond acceptors (Lipinski definition) is 2. The highest BCUT2D eigenvalue weighted by Crippen LogP contribution is 2.34. The van der Waals surface area contributed by atoms with Gasteiger partial charge in [0.2, 0.25) is 0 Å². The number of fused-ring (bicyclic) bond motifs is 1. The monoisotopic (exact) mass is 264 g/mol. The zero-order valence-electron chi connectivity index (χ0n) is 10.4. The van der Waals surface area contributed by atoms with Gasteiger partial charge in [-0.05, 0) is 25.1 Å². The van der Waals surface area contributed by atoms with Crippen LogP contribution in [0.1, 0.15) is 18.1 Å². The molecule has 1 atom stereocenters. The Bertz CT molecular complexity index is 556. The summed E-state index contributed by atoms with van der Waals surface area (Å²) in [5.74, 6) is 0. The summed E-state index contributed by atoms with van der Waals surface area (Å²) in [6, 6.07) is 6.03. The van der Waals surface area contributed by atoms with Crippen molar-refractivity contribution in [3.05, 3.63) is 35.0 Å². The zero-order chi connectivity index (χ0) is 12.5. The topological polar surface area (TPSA) is 26.2 Å². The number of hydrogen-bond donors (Lipinski definition) is 1. The maximum Gasteiger partial charge on any atom is 0.0858 e. The van der Waals surface area contributed by atoms with Gasteiger partial charge >= 0.3 is 0 Å². The van der Waals surface area contributed by atoms with Crippen LogP contribution in [0.5, 0.6) is 0 Å². The van der Waals surface area contributed by atoms with E-state index < -0.39 is 0 Å². The Morgan fingerprint density at radius 2 is 2.28 bits per heavy atom. The summed E-state index contributed by atoms with van der Waals surface area (Å²) in [7, 11) is 2.05. The van der Waals surface area contributed by atoms with E-state index in [9.17, 15) is 0 Å². The molecule has 1 aromatic carbocycles. The SMILES string of the molecule is Cn1cc(C2CCNCCO2)c2c(Cl)cccc21. The van der Waals surface area contributed by atoms with Gasteiger partial charge in [0.15, 0.2) is 0 Å². The lowest BCUT2D eigenvalue weighted by molar-refractivity contribution is 0.0653. The lowest BCUT2D eigenvalue weighted by atomic mass is 10.1. The first kappa shape index (κ1) is 12.0. The van der Waals surface area contributed by atoms with Gasteiger partial charge < -0.3 is 14.6 Å². The summed E-state index contributed by atoms with van der Waals surface area (Å²) in [4.78, 5) is 0. The molecule has 1 aromatic heterocycles. The molecule has 3 nitrogen and oxygen atoms in total. The number of nitrogens with zero attached hydrogens (tertiary/aromatic N) is 1. The van der Waals surface area contributed by atoms with Crippen LogP contribution in [0.15, 0.2) is 24.4 Å². The van der Waals surface area contributed by atoms with Crippen LogP contribution in [-0.4, -0.2) is 24.3 Å². The van der Waals surface area contributed by atoms with Gasteiger partial charge in [0.25, 0.3) is 0 Å². The predicted molar refractivity (Wildman–Crippen MR) is 74.1 cm³/mol. The Labute approximate surface area is 112 Å². The molecule has 0 amide bonds. The normalized spacial score (nSPS) is 21.1. The second kappa shape index (κ2) is 4.92. The molecule has 2 heterocycles. The quantitative estimate of drug-likeness (QED) is 0.857. The lowest BCUT2D eigenvalue weighted by Crippen LogP contribution is -2.16. The van der Waals surface area contributed by atoms with Crippen molar-refractivity contribution in [2.45, 2.75) is 12.5 Å². The summed E-state index contributed by atoms with van der Waals surface area (Å²) in [5.41, 5.74) is 2.38. The van der Waals surface area contributed by atoms with Crippen molar-refractivity contribution in [2.75, 3.05) is 19.7 Å². The summed E-state index contributed by atoms with van der Waals surface area (Å²) < 4.78 is 8.05. The van der Waals surface area contributed by atoms with Crippen LogP contribution >= 0.6 is 11.6 Å². The van der Waals surface area contributed by atoms with Gasteiger partial charge in [-0.25, -0.2) is 0 Å². The van der Waals surface area contributed by atoms with Gasteiger partial charge in [-0.15, -0.1) is 0 Å². The van der Waals surface area contributed by atoms with Crippen LogP contribution in [0.3, 0.4) is 0 Å². The molecular weight excluding hydrogens is 248 g/mol. The van der Waals surface area contributed by atoms with Crippen LogP contribution in [0.2, 0.25) is 5.02 Å². The number of benzene rings is 1. The van der Waals surface area contributed by atoms with Crippen molar-refractivity contribution < 1.29 is 4.74 Å². The van der Waals surface area contributed by atoms with Crippen molar-refractivity contribution in [1.29, 1.82) is 0 Å². The van der Waals surface area contributed by atoms with Gasteiger partial charge in [-0.3, -0.25) is 0 Å². The molecule has 1 aliphatic rings. The fourth-order valence-electron chi connectivity index (χ4n) is 2.64. The molecule has 2 aromatic rings. The van der Waals surface area contributed by atoms with Crippen molar-refractivity contribution in [2.24, 2.45) is 7.05 Å². The minimum atomic E-state index is 0.142. The average Bonchev–Trinajstić information content (AvgIpc) is 2.56. The maximum atomic E-state index is 6.35. The predicted octanol–water partition coefficient (Wildman–Crippen LogP) is 2.88. The molecule has 18 heavy (non-hydrogen) atoms. The molecule has 1 fully saturated rings. The largest absolute Gasteiger partial charge is 0.372 e. The molecule has 1 N–H and O–H groups in total. The first-order valence-electron chi connectivity index (χ1n) is 6.33. The molecule has 0 spiro atoms. The minimum absolute atomic E-state index is 0.142. The average molecular weight is 265 g/mol. The number of aromatic nitrogens is 1. The summed E-state index contributed by atoms with van der Waals surface area (Å²) in [6.45, 7) is 2.67. The fourth-order valence-corrected chi connectivity index (χ4v) is 2.92. The third-order valence-corrected chi connectivity index (χ3v) is 3.84. The van der Waals surface area contributed by atoms with E-state index in [1.54, 1.807) is 0 Å². The van der Waals surface area contributed by atoms with Crippen LogP contribution in [0.4, 0.5) is 0 Å². The second-order valence-electron chi connectivity index (χ2n) is 4.73. The van der Waals surface area contributed by atoms with E-state index in [0.717, 1.165) is 36.5 Å². The van der Waals surface area contributed by atoms with Gasteiger partial charge in [-0.2, -0.15) is 0 Å². The summed E-state index contributed by atoms with van der Waals surface area (Å²) >= 11 is 6.35. The Hall–Kier alpha value is -1.03. The third-order valence-electron chi connectivity index (χ3n) is 3.52. The Kier molecular flexibility index (Phi) is 3.29. The van der Waals surface area contributed by atoms with Crippen molar-refractivity contribution in [3.8, 4) is 0 Å². The van der Waals surface area contributed by atoms with E-state index in [-0.39, 0.29) is 6.10 Å². The number of halogens is 1. The summed E-state index contributed by atoms with van der Waals surface area (Å²) in [5, 5.41) is 5.29. The van der Waals surface area contributed by atoms with Crippen LogP contribution in [0, 0.1) is 0 Å². The molecule has 0 radical (unpaired) electrons. The Morgan fingerprint density at radius 3 is 3.17 bits per heavy atom. The number of ether oxygens (including phenoxy) is 1. The van der Waals surface area contributed by atoms with Crippen molar-refractivity contribution in [3.63, 3.8) is 0 Å². The second-order valence-corrected chi connectivity index (χ2v) is 5.13. The lowest BCUT2D eigenvalue weighted by Gasteiger charge is -2.14. The van der Waals surface area contributed by atoms with Gasteiger partial charge in [0.05, 0.1) is 17.7 Å². The highest BCUT2D eigenvalue weighted by atomic mass is 35.5. The third kappa shape index (κ3) is 2.03. The van der Waals surface area contributed by atoms with E-state index >= 15 is 0 Å². The molecular formula is C14H17ClN2O. The molecule has 0 aliphatic carbocycles. The molecule has 1 aliphatic heterocycles. The minimum Gasteiger partial charge on any atom is -0.372 e. The molecule has 3 rings (SSSR count). The van der Waals surface area contributed by atoms with Gasteiger partial charge in [-0.1, -0.05) is 17.7 Å². The molecule has 96 valence electrons. The first-order chi connectivity index (χ1) is 8.77. The van der Waals surface area contributed by atoms with E-state index in [1.165, 1.54) is 11.1 Å². The van der Waals surface area contributed by atoms with E-state index in [4.69, 9.17) is 16.3 Å².